The third-order valence-corrected chi connectivity index (χ3v) is 4.21. The lowest BCUT2D eigenvalue weighted by Crippen LogP contribution is -1.87. The Hall–Kier alpha value is -2.08. The molecule has 10 nitrogen and oxygen atoms in total. The maximum atomic E-state index is 4.00. The second-order valence-electron chi connectivity index (χ2n) is 3.18. The Balaban J connectivity index is 1.63. The van der Waals surface area contributed by atoms with Gasteiger partial charge in [0.1, 0.15) is 12.7 Å². The minimum Gasteiger partial charge on any atom is -0.278 e. The van der Waals surface area contributed by atoms with Crippen molar-refractivity contribution in [3.63, 3.8) is 0 Å². The van der Waals surface area contributed by atoms with Crippen molar-refractivity contribution in [1.82, 2.24) is 49.6 Å². The normalized spacial score (nSPS) is 11.8. The predicted molar refractivity (Wildman–Crippen MR) is 62.0 cm³/mol. The molecule has 0 spiro atoms. The van der Waals surface area contributed by atoms with E-state index in [-0.39, 0.29) is 0 Å². The number of nitrogens with zero attached hydrogens (tertiary/aromatic N) is 8. The molecule has 90 valence electrons. The Morgan fingerprint density at radius 1 is 0.778 bits per heavy atom. The van der Waals surface area contributed by atoms with Crippen molar-refractivity contribution in [1.29, 1.82) is 0 Å². The minimum absolute atomic E-state index is 0.533. The van der Waals surface area contributed by atoms with Crippen LogP contribution in [0.2, 0.25) is 0 Å². The van der Waals surface area contributed by atoms with Gasteiger partial charge in [-0.05, 0) is 21.6 Å². The van der Waals surface area contributed by atoms with Gasteiger partial charge in [0.2, 0.25) is 10.3 Å². The maximum Gasteiger partial charge on any atom is 0.272 e. The molecule has 0 saturated carbocycles. The van der Waals surface area contributed by atoms with Gasteiger partial charge in [-0.3, -0.25) is 10.2 Å². The third kappa shape index (κ3) is 1.39. The summed E-state index contributed by atoms with van der Waals surface area (Å²) >= 11 is 0. The molecular weight excluding hydrogens is 276 g/mol. The summed E-state index contributed by atoms with van der Waals surface area (Å²) in [5.41, 5.74) is 0. The number of aromatic nitrogens is 10. The number of nitrogens with one attached hydrogen (secondary N) is 2. The lowest BCUT2D eigenvalue weighted by molar-refractivity contribution is 0.820. The van der Waals surface area contributed by atoms with Crippen molar-refractivity contribution >= 4 is 33.1 Å². The molecule has 4 aromatic heterocycles. The predicted octanol–water partition coefficient (Wildman–Crippen LogP) is 0.0176. The van der Waals surface area contributed by atoms with E-state index in [1.807, 2.05) is 0 Å². The van der Waals surface area contributed by atoms with E-state index in [4.69, 9.17) is 0 Å². The highest BCUT2D eigenvalue weighted by Crippen LogP contribution is 2.34. The molecule has 0 amide bonds. The van der Waals surface area contributed by atoms with Crippen LogP contribution in [0.3, 0.4) is 0 Å². The van der Waals surface area contributed by atoms with E-state index in [0.29, 0.717) is 21.9 Å². The smallest absolute Gasteiger partial charge is 0.272 e. The first-order chi connectivity index (χ1) is 8.92. The minimum atomic E-state index is 0.533. The van der Waals surface area contributed by atoms with Gasteiger partial charge in [-0.2, -0.15) is 19.0 Å². The van der Waals surface area contributed by atoms with Crippen molar-refractivity contribution in [2.45, 2.75) is 10.3 Å². The van der Waals surface area contributed by atoms with Gasteiger partial charge in [0.15, 0.2) is 0 Å². The number of hydrogen-bond donors (Lipinski definition) is 2. The van der Waals surface area contributed by atoms with Gasteiger partial charge in [0.05, 0.1) is 0 Å². The van der Waals surface area contributed by atoms with Crippen LogP contribution >= 0.6 is 21.6 Å². The van der Waals surface area contributed by atoms with Gasteiger partial charge in [-0.15, -0.1) is 20.4 Å². The van der Waals surface area contributed by atoms with E-state index in [0.717, 1.165) is 0 Å². The fourth-order valence-electron chi connectivity index (χ4n) is 1.39. The van der Waals surface area contributed by atoms with Crippen LogP contribution < -0.4 is 0 Å². The first-order valence-corrected chi connectivity index (χ1v) is 6.90. The van der Waals surface area contributed by atoms with E-state index in [9.17, 15) is 0 Å². The topological polar surface area (TPSA) is 118 Å². The average molecular weight is 280 g/mol. The summed E-state index contributed by atoms with van der Waals surface area (Å²) in [7, 11) is 2.80. The van der Waals surface area contributed by atoms with Gasteiger partial charge >= 0.3 is 0 Å². The van der Waals surface area contributed by atoms with Gasteiger partial charge in [0.25, 0.3) is 11.6 Å². The summed E-state index contributed by atoms with van der Waals surface area (Å²) in [6.07, 6.45) is 3.12. The summed E-state index contributed by atoms with van der Waals surface area (Å²) < 4.78 is 3.37. The van der Waals surface area contributed by atoms with Crippen molar-refractivity contribution in [3.8, 4) is 0 Å². The van der Waals surface area contributed by atoms with Crippen LogP contribution in [0.1, 0.15) is 0 Å². The molecular formula is C6H4N10S2. The van der Waals surface area contributed by atoms with E-state index < -0.39 is 0 Å². The highest BCUT2D eigenvalue weighted by Gasteiger charge is 2.12. The number of hydrogen-bond acceptors (Lipinski definition) is 8. The van der Waals surface area contributed by atoms with Crippen LogP contribution in [0.5, 0.6) is 0 Å². The molecule has 0 unspecified atom stereocenters. The first-order valence-electron chi connectivity index (χ1n) is 4.75. The zero-order chi connectivity index (χ0) is 11.9. The molecule has 12 heteroatoms. The van der Waals surface area contributed by atoms with Gasteiger partial charge in [0, 0.05) is 0 Å². The number of fused-ring (bicyclic) bond motifs is 2. The molecule has 4 rings (SSSR count). The Labute approximate surface area is 106 Å². The number of aromatic amines is 2. The van der Waals surface area contributed by atoms with Crippen molar-refractivity contribution in [3.05, 3.63) is 12.7 Å². The lowest BCUT2D eigenvalue weighted by atomic mass is 11.1. The molecule has 0 atom stereocenters. The van der Waals surface area contributed by atoms with Gasteiger partial charge in [-0.25, -0.2) is 0 Å². The molecule has 0 aliphatic carbocycles. The maximum absolute atomic E-state index is 4.00. The highest BCUT2D eigenvalue weighted by atomic mass is 33.1. The number of rotatable bonds is 3. The standard InChI is InChI=1S/C6H4N10S2/c1-7-3-11-13-5(15(3)9-1)17-18-6-14-12-4-8-2-10-16(4)6/h1-2H,(H,7,9,11)(H,8,10,12). The van der Waals surface area contributed by atoms with Crippen LogP contribution in [-0.4, -0.2) is 49.6 Å². The van der Waals surface area contributed by atoms with Crippen molar-refractivity contribution in [2.75, 3.05) is 0 Å². The SMILES string of the molecule is c1nc2nnc(SSc3nnc4nc[nH]n34)n2[nH]1. The van der Waals surface area contributed by atoms with E-state index >= 15 is 0 Å². The zero-order valence-electron chi connectivity index (χ0n) is 8.55. The van der Waals surface area contributed by atoms with Crippen molar-refractivity contribution in [2.24, 2.45) is 0 Å². The monoisotopic (exact) mass is 280 g/mol. The Bertz CT molecular complexity index is 738. The van der Waals surface area contributed by atoms with Crippen LogP contribution in [0.25, 0.3) is 11.6 Å². The lowest BCUT2D eigenvalue weighted by Gasteiger charge is -1.94. The molecule has 4 aromatic rings. The zero-order valence-corrected chi connectivity index (χ0v) is 10.2. The van der Waals surface area contributed by atoms with Gasteiger partial charge < -0.3 is 0 Å². The highest BCUT2D eigenvalue weighted by molar-refractivity contribution is 8.76. The molecule has 0 aromatic carbocycles. The largest absolute Gasteiger partial charge is 0.278 e. The Kier molecular flexibility index (Phi) is 2.04. The molecule has 18 heavy (non-hydrogen) atoms. The third-order valence-electron chi connectivity index (χ3n) is 2.16. The molecule has 0 saturated heterocycles. The summed E-state index contributed by atoms with van der Waals surface area (Å²) in [6, 6.07) is 0. The second-order valence-corrected chi connectivity index (χ2v) is 5.24. The second kappa shape index (κ2) is 3.71. The molecule has 0 fully saturated rings. The fraction of sp³-hybridized carbons (Fsp3) is 0. The van der Waals surface area contributed by atoms with Crippen LogP contribution in [0.15, 0.2) is 23.0 Å². The summed E-state index contributed by atoms with van der Waals surface area (Å²) in [5.74, 6) is 1.07. The number of H-pyrrole nitrogens is 2. The summed E-state index contributed by atoms with van der Waals surface area (Å²) in [6.45, 7) is 0. The van der Waals surface area contributed by atoms with Crippen LogP contribution in [0, 0.1) is 0 Å². The molecule has 0 radical (unpaired) electrons. The first kappa shape index (κ1) is 9.90. The summed E-state index contributed by atoms with van der Waals surface area (Å²) in [4.78, 5) is 7.98. The molecule has 4 heterocycles. The van der Waals surface area contributed by atoms with Gasteiger partial charge in [-0.1, -0.05) is 0 Å². The van der Waals surface area contributed by atoms with Crippen LogP contribution in [0.4, 0.5) is 0 Å². The Morgan fingerprint density at radius 3 is 1.78 bits per heavy atom. The van der Waals surface area contributed by atoms with E-state index in [1.54, 1.807) is 21.7 Å². The fourth-order valence-corrected chi connectivity index (χ4v) is 3.20. The molecule has 2 N–H and O–H groups in total. The molecule has 0 bridgehead atoms. The molecule has 0 aliphatic rings. The molecule has 0 aliphatic heterocycles. The quantitative estimate of drug-likeness (QED) is 0.504. The summed E-state index contributed by atoms with van der Waals surface area (Å²) in [5, 5.41) is 23.0. The Morgan fingerprint density at radius 2 is 1.28 bits per heavy atom. The average Bonchev–Trinajstić information content (AvgIpc) is 3.09. The van der Waals surface area contributed by atoms with E-state index in [1.165, 1.54) is 21.6 Å². The van der Waals surface area contributed by atoms with E-state index in [2.05, 4.69) is 40.6 Å². The van der Waals surface area contributed by atoms with Crippen LogP contribution in [-0.2, 0) is 0 Å². The van der Waals surface area contributed by atoms with Crippen molar-refractivity contribution < 1.29 is 0 Å².